The average Bonchev–Trinajstić information content (AvgIpc) is 2.49. The molecule has 0 aliphatic heterocycles. The summed E-state index contributed by atoms with van der Waals surface area (Å²) in [5, 5.41) is 7.65. The molecule has 0 heterocycles. The Morgan fingerprint density at radius 2 is 0.562 bits per heavy atom. The topological polar surface area (TPSA) is 246 Å². The minimum Gasteiger partial charge on any atom is -0.662 e. The fourth-order valence-corrected chi connectivity index (χ4v) is 3.63. The van der Waals surface area contributed by atoms with Crippen LogP contribution in [-0.2, 0) is 40.5 Å². The predicted molar refractivity (Wildman–Crippen MR) is 110 cm³/mol. The molecule has 0 aromatic carbocycles. The van der Waals surface area contributed by atoms with Gasteiger partial charge in [0.2, 0.25) is 0 Å². The normalized spacial score (nSPS) is 12.1. The van der Waals surface area contributed by atoms with Crippen LogP contribution in [0.2, 0.25) is 0 Å². The Balaban J connectivity index is -0.000000231. The molecule has 0 saturated heterocycles. The summed E-state index contributed by atoms with van der Waals surface area (Å²) in [5.41, 5.74) is 0. The maximum atomic E-state index is 10.3. The minimum atomic E-state index is -3.94. The Bertz CT molecular complexity index is 731. The molecule has 0 atom stereocenters. The molecule has 0 aliphatic carbocycles. The van der Waals surface area contributed by atoms with Gasteiger partial charge in [-0.05, 0) is 0 Å². The van der Waals surface area contributed by atoms with Crippen molar-refractivity contribution in [1.82, 2.24) is 0 Å². The van der Waals surface area contributed by atoms with Gasteiger partial charge in [-0.1, -0.05) is 25.7 Å². The fraction of sp³-hybridized carbons (Fsp3) is 1.00. The molecular weight excluding hydrogens is 571 g/mol. The molecule has 0 spiro atoms. The first-order chi connectivity index (χ1) is 13.4. The number of rotatable bonds is 16. The first-order valence-corrected chi connectivity index (χ1v) is 14.9. The molecule has 0 fully saturated rings. The van der Waals surface area contributed by atoms with Crippen LogP contribution in [0.15, 0.2) is 0 Å². The smallest absolute Gasteiger partial charge is 0.662 e. The van der Waals surface area contributed by atoms with Crippen molar-refractivity contribution in [3.63, 3.8) is 0 Å². The van der Waals surface area contributed by atoms with Crippen molar-refractivity contribution in [3.8, 4) is 0 Å². The van der Waals surface area contributed by atoms with E-state index in [1.54, 1.807) is 0 Å². The van der Waals surface area contributed by atoms with Crippen molar-refractivity contribution in [2.45, 2.75) is 25.7 Å². The zero-order valence-electron chi connectivity index (χ0n) is 18.1. The van der Waals surface area contributed by atoms with Gasteiger partial charge in [-0.3, -0.25) is 18.2 Å². The van der Waals surface area contributed by atoms with E-state index in [0.717, 1.165) is 0 Å². The van der Waals surface area contributed by atoms with Crippen LogP contribution in [0.3, 0.4) is 0 Å². The van der Waals surface area contributed by atoms with Crippen molar-refractivity contribution in [1.29, 1.82) is 0 Å². The molecule has 0 aromatic rings. The minimum absolute atomic E-state index is 0. The van der Waals surface area contributed by atoms with Crippen LogP contribution >= 0.6 is 0 Å². The summed E-state index contributed by atoms with van der Waals surface area (Å²) in [6.45, 7) is 0.965. The molecular formula is C12H28K2N2O12S4. The van der Waals surface area contributed by atoms with Gasteiger partial charge in [0, 0.05) is 0 Å². The maximum absolute atomic E-state index is 10.3. The van der Waals surface area contributed by atoms with Gasteiger partial charge in [-0.15, -0.1) is 26.2 Å². The molecule has 32 heavy (non-hydrogen) atoms. The van der Waals surface area contributed by atoms with Crippen molar-refractivity contribution < 1.29 is 155 Å². The van der Waals surface area contributed by atoms with Crippen LogP contribution in [-0.4, -0.2) is 101 Å². The van der Waals surface area contributed by atoms with Gasteiger partial charge in [-0.25, -0.2) is 0 Å². The molecule has 4 N–H and O–H groups in total. The average molecular weight is 599 g/mol. The van der Waals surface area contributed by atoms with Gasteiger partial charge in [-0.2, -0.15) is 33.7 Å². The number of hydrogen-bond donors (Lipinski definition) is 4. The van der Waals surface area contributed by atoms with Crippen molar-refractivity contribution in [2.75, 3.05) is 49.2 Å². The molecule has 0 aromatic heterocycles. The second-order valence-electron chi connectivity index (χ2n) is 5.90. The number of nitrogens with zero attached hydrogens (tertiary/aromatic N) is 2. The van der Waals surface area contributed by atoms with Crippen LogP contribution < -0.4 is 103 Å². The van der Waals surface area contributed by atoms with Gasteiger partial charge in [0.25, 0.3) is 40.5 Å². The Morgan fingerprint density at radius 3 is 0.688 bits per heavy atom. The predicted octanol–water partition coefficient (Wildman–Crippen LogP) is -6.16. The Labute approximate surface area is 275 Å². The van der Waals surface area contributed by atoms with Gasteiger partial charge in [0.15, 0.2) is 0 Å². The zero-order chi connectivity index (χ0) is 23.9. The third-order valence-electron chi connectivity index (χ3n) is 2.87. The first kappa shape index (κ1) is 41.9. The second-order valence-corrected chi connectivity index (χ2v) is 12.2. The van der Waals surface area contributed by atoms with Crippen LogP contribution in [0, 0.1) is 0 Å². The summed E-state index contributed by atoms with van der Waals surface area (Å²) in [6, 6.07) is 0. The summed E-state index contributed by atoms with van der Waals surface area (Å²) < 4.78 is 115. The standard InChI is InChI=1S/2C6H14NO6S2.2K/c2*8-14(9,10)5-1-3-7-4-2-6-15(11,12)13;;/h2*1-6H2,(H,8,9,10)(H,11,12,13);;/q2*-1;2*+1. The van der Waals surface area contributed by atoms with E-state index in [4.69, 9.17) is 18.2 Å². The molecule has 20 heteroatoms. The fourth-order valence-electron chi connectivity index (χ4n) is 1.66. The Hall–Kier alpha value is 2.83. The van der Waals surface area contributed by atoms with E-state index in [1.165, 1.54) is 0 Å². The summed E-state index contributed by atoms with van der Waals surface area (Å²) in [5.74, 6) is -1.41. The maximum Gasteiger partial charge on any atom is 1.00 e. The molecule has 0 amide bonds. The van der Waals surface area contributed by atoms with E-state index in [1.807, 2.05) is 0 Å². The van der Waals surface area contributed by atoms with Gasteiger partial charge < -0.3 is 10.6 Å². The van der Waals surface area contributed by atoms with Gasteiger partial charge in [0.1, 0.15) is 0 Å². The van der Waals surface area contributed by atoms with Crippen molar-refractivity contribution in [3.05, 3.63) is 10.6 Å². The van der Waals surface area contributed by atoms with E-state index in [2.05, 4.69) is 10.6 Å². The molecule has 14 nitrogen and oxygen atoms in total. The zero-order valence-corrected chi connectivity index (χ0v) is 27.6. The van der Waals surface area contributed by atoms with Gasteiger partial charge >= 0.3 is 103 Å². The summed E-state index contributed by atoms with van der Waals surface area (Å²) in [4.78, 5) is 0. The molecule has 0 bridgehead atoms. The monoisotopic (exact) mass is 598 g/mol. The summed E-state index contributed by atoms with van der Waals surface area (Å²) >= 11 is 0. The van der Waals surface area contributed by atoms with Gasteiger partial charge in [0.05, 0.1) is 23.0 Å². The number of hydrogen-bond acceptors (Lipinski definition) is 8. The third-order valence-corrected chi connectivity index (χ3v) is 6.09. The molecule has 184 valence electrons. The van der Waals surface area contributed by atoms with Crippen molar-refractivity contribution in [2.24, 2.45) is 0 Å². The van der Waals surface area contributed by atoms with E-state index < -0.39 is 40.5 Å². The van der Waals surface area contributed by atoms with E-state index in [9.17, 15) is 33.7 Å². The first-order valence-electron chi connectivity index (χ1n) is 8.48. The molecule has 0 saturated carbocycles. The molecule has 0 rings (SSSR count). The van der Waals surface area contributed by atoms with Crippen molar-refractivity contribution >= 4 is 40.5 Å². The van der Waals surface area contributed by atoms with Crippen LogP contribution in [0.25, 0.3) is 10.6 Å². The summed E-state index contributed by atoms with van der Waals surface area (Å²) in [7, 11) is -15.7. The van der Waals surface area contributed by atoms with Crippen LogP contribution in [0.4, 0.5) is 0 Å². The third kappa shape index (κ3) is 46.2. The van der Waals surface area contributed by atoms with E-state index >= 15 is 0 Å². The Kier molecular flexibility index (Phi) is 28.7. The van der Waals surface area contributed by atoms with E-state index in [0.29, 0.717) is 0 Å². The quantitative estimate of drug-likeness (QED) is 0.0736. The Morgan fingerprint density at radius 1 is 0.406 bits per heavy atom. The molecule has 0 aliphatic rings. The largest absolute Gasteiger partial charge is 1.00 e. The molecule has 0 radical (unpaired) electrons. The van der Waals surface area contributed by atoms with E-state index in [-0.39, 0.29) is 178 Å². The van der Waals surface area contributed by atoms with Crippen LogP contribution in [0.5, 0.6) is 0 Å². The summed E-state index contributed by atoms with van der Waals surface area (Å²) in [6.07, 6.45) is 0.796. The molecule has 0 unspecified atom stereocenters. The SMILES string of the molecule is O=S(=O)(O)CCC[N-]CCCS(=O)(=O)O.O=S(=O)(O)CCC[N-]CCCS(=O)(=O)O.[K+].[K+]. The van der Waals surface area contributed by atoms with Crippen LogP contribution in [0.1, 0.15) is 25.7 Å². The second kappa shape index (κ2) is 21.9.